The summed E-state index contributed by atoms with van der Waals surface area (Å²) < 4.78 is 0. The lowest BCUT2D eigenvalue weighted by Crippen LogP contribution is -2.49. The van der Waals surface area contributed by atoms with E-state index in [9.17, 15) is 0 Å². The van der Waals surface area contributed by atoms with E-state index >= 15 is 0 Å². The monoisotopic (exact) mass is 210 g/mol. The van der Waals surface area contributed by atoms with Crippen molar-refractivity contribution in [2.45, 2.75) is 58.7 Å². The molecule has 15 heavy (non-hydrogen) atoms. The molecule has 0 spiro atoms. The van der Waals surface area contributed by atoms with Gasteiger partial charge in [-0.05, 0) is 39.2 Å². The van der Waals surface area contributed by atoms with Gasteiger partial charge < -0.3 is 0 Å². The Kier molecular flexibility index (Phi) is 3.36. The normalized spacial score (nSPS) is 32.4. The fourth-order valence-electron chi connectivity index (χ4n) is 3.11. The third-order valence-electron chi connectivity index (χ3n) is 4.05. The molecule has 2 atom stereocenters. The van der Waals surface area contributed by atoms with Crippen LogP contribution in [0, 0.1) is 5.92 Å². The SMILES string of the molecule is CC(C)CCN1CC2CC1CN2C(C)C. The molecule has 88 valence electrons. The van der Waals surface area contributed by atoms with Crippen molar-refractivity contribution in [1.29, 1.82) is 0 Å². The summed E-state index contributed by atoms with van der Waals surface area (Å²) in [5.41, 5.74) is 0. The Hall–Kier alpha value is -0.0800. The van der Waals surface area contributed by atoms with E-state index in [0.29, 0.717) is 0 Å². The summed E-state index contributed by atoms with van der Waals surface area (Å²) in [4.78, 5) is 5.42. The Labute approximate surface area is 94.6 Å². The molecule has 0 saturated carbocycles. The van der Waals surface area contributed by atoms with Crippen molar-refractivity contribution >= 4 is 0 Å². The van der Waals surface area contributed by atoms with Gasteiger partial charge in [0.25, 0.3) is 0 Å². The first kappa shape index (κ1) is 11.4. The fraction of sp³-hybridized carbons (Fsp3) is 1.00. The molecule has 2 heteroatoms. The zero-order chi connectivity index (χ0) is 11.0. The van der Waals surface area contributed by atoms with E-state index in [-0.39, 0.29) is 0 Å². The molecule has 2 heterocycles. The Balaban J connectivity index is 1.81. The highest BCUT2D eigenvalue weighted by Crippen LogP contribution is 2.32. The summed E-state index contributed by atoms with van der Waals surface area (Å²) in [5, 5.41) is 0. The molecule has 2 nitrogen and oxygen atoms in total. The first-order valence-corrected chi connectivity index (χ1v) is 6.57. The van der Waals surface area contributed by atoms with Crippen molar-refractivity contribution in [2.75, 3.05) is 19.6 Å². The van der Waals surface area contributed by atoms with E-state index in [1.165, 1.54) is 32.5 Å². The zero-order valence-electron chi connectivity index (χ0n) is 10.7. The zero-order valence-corrected chi connectivity index (χ0v) is 10.7. The van der Waals surface area contributed by atoms with E-state index in [4.69, 9.17) is 0 Å². The van der Waals surface area contributed by atoms with Crippen LogP contribution < -0.4 is 0 Å². The molecular weight excluding hydrogens is 184 g/mol. The van der Waals surface area contributed by atoms with E-state index in [0.717, 1.165) is 24.0 Å². The van der Waals surface area contributed by atoms with E-state index < -0.39 is 0 Å². The number of fused-ring (bicyclic) bond motifs is 2. The van der Waals surface area contributed by atoms with Crippen molar-refractivity contribution in [3.63, 3.8) is 0 Å². The summed E-state index contributed by atoms with van der Waals surface area (Å²) in [5.74, 6) is 0.852. The Morgan fingerprint density at radius 2 is 1.80 bits per heavy atom. The smallest absolute Gasteiger partial charge is 0.0242 e. The van der Waals surface area contributed by atoms with Crippen molar-refractivity contribution < 1.29 is 0 Å². The molecule has 2 aliphatic rings. The largest absolute Gasteiger partial charge is 0.297 e. The van der Waals surface area contributed by atoms with Gasteiger partial charge in [-0.25, -0.2) is 0 Å². The van der Waals surface area contributed by atoms with Crippen molar-refractivity contribution in [3.05, 3.63) is 0 Å². The second-order valence-electron chi connectivity index (χ2n) is 6.01. The quantitative estimate of drug-likeness (QED) is 0.702. The van der Waals surface area contributed by atoms with Crippen LogP contribution in [0.1, 0.15) is 40.5 Å². The lowest BCUT2D eigenvalue weighted by Gasteiger charge is -2.36. The Bertz CT molecular complexity index is 213. The van der Waals surface area contributed by atoms with Crippen LogP contribution in [-0.4, -0.2) is 47.6 Å². The first-order chi connectivity index (χ1) is 7.08. The number of likely N-dealkylation sites (tertiary alicyclic amines) is 2. The highest BCUT2D eigenvalue weighted by atomic mass is 15.4. The molecular formula is C13H26N2. The minimum atomic E-state index is 0.743. The van der Waals surface area contributed by atoms with Crippen molar-refractivity contribution in [3.8, 4) is 0 Å². The molecule has 0 aromatic carbocycles. The minimum absolute atomic E-state index is 0.743. The second kappa shape index (κ2) is 4.42. The molecule has 0 N–H and O–H groups in total. The van der Waals surface area contributed by atoms with Gasteiger partial charge in [-0.3, -0.25) is 9.80 Å². The molecule has 2 aliphatic heterocycles. The van der Waals surface area contributed by atoms with E-state index in [1.807, 2.05) is 0 Å². The van der Waals surface area contributed by atoms with E-state index in [1.54, 1.807) is 0 Å². The van der Waals surface area contributed by atoms with Gasteiger partial charge in [0.1, 0.15) is 0 Å². The van der Waals surface area contributed by atoms with Crippen LogP contribution in [-0.2, 0) is 0 Å². The number of nitrogens with zero attached hydrogens (tertiary/aromatic N) is 2. The minimum Gasteiger partial charge on any atom is -0.297 e. The molecule has 2 unspecified atom stereocenters. The van der Waals surface area contributed by atoms with Crippen LogP contribution in [0.3, 0.4) is 0 Å². The van der Waals surface area contributed by atoms with Gasteiger partial charge in [0, 0.05) is 31.2 Å². The average molecular weight is 210 g/mol. The van der Waals surface area contributed by atoms with Gasteiger partial charge in [0.15, 0.2) is 0 Å². The third kappa shape index (κ3) is 2.36. The van der Waals surface area contributed by atoms with Crippen LogP contribution in [0.5, 0.6) is 0 Å². The van der Waals surface area contributed by atoms with Crippen molar-refractivity contribution in [2.24, 2.45) is 5.92 Å². The Morgan fingerprint density at radius 3 is 2.27 bits per heavy atom. The summed E-state index contributed by atoms with van der Waals surface area (Å²) >= 11 is 0. The topological polar surface area (TPSA) is 6.48 Å². The highest BCUT2D eigenvalue weighted by Gasteiger charge is 2.43. The van der Waals surface area contributed by atoms with Crippen LogP contribution in [0.4, 0.5) is 0 Å². The standard InChI is InChI=1S/C13H26N2/c1-10(2)5-6-14-8-13-7-12(14)9-15(13)11(3)4/h10-13H,5-9H2,1-4H3. The van der Waals surface area contributed by atoms with Gasteiger partial charge in [-0.2, -0.15) is 0 Å². The van der Waals surface area contributed by atoms with Gasteiger partial charge in [0.05, 0.1) is 0 Å². The summed E-state index contributed by atoms with van der Waals surface area (Å²) in [6.45, 7) is 13.3. The third-order valence-corrected chi connectivity index (χ3v) is 4.05. The van der Waals surface area contributed by atoms with Crippen LogP contribution in [0.25, 0.3) is 0 Å². The number of hydrogen-bond donors (Lipinski definition) is 0. The predicted octanol–water partition coefficient (Wildman–Crippen LogP) is 2.20. The predicted molar refractivity (Wildman–Crippen MR) is 65.1 cm³/mol. The fourth-order valence-corrected chi connectivity index (χ4v) is 3.11. The maximum atomic E-state index is 2.73. The molecule has 0 radical (unpaired) electrons. The molecule has 2 fully saturated rings. The molecule has 0 amide bonds. The lowest BCUT2D eigenvalue weighted by molar-refractivity contribution is 0.101. The summed E-state index contributed by atoms with van der Waals surface area (Å²) in [6, 6.07) is 2.48. The van der Waals surface area contributed by atoms with Crippen LogP contribution in [0.15, 0.2) is 0 Å². The molecule has 0 aromatic rings. The highest BCUT2D eigenvalue weighted by molar-refractivity contribution is 5.00. The average Bonchev–Trinajstić information content (AvgIpc) is 2.72. The van der Waals surface area contributed by atoms with Gasteiger partial charge in [-0.1, -0.05) is 13.8 Å². The van der Waals surface area contributed by atoms with Crippen LogP contribution >= 0.6 is 0 Å². The maximum absolute atomic E-state index is 2.73. The maximum Gasteiger partial charge on any atom is 0.0242 e. The summed E-state index contributed by atoms with van der Waals surface area (Å²) in [7, 11) is 0. The number of piperazine rings is 1. The van der Waals surface area contributed by atoms with Gasteiger partial charge >= 0.3 is 0 Å². The van der Waals surface area contributed by atoms with Crippen LogP contribution in [0.2, 0.25) is 0 Å². The van der Waals surface area contributed by atoms with E-state index in [2.05, 4.69) is 37.5 Å². The molecule has 0 aliphatic carbocycles. The van der Waals surface area contributed by atoms with Gasteiger partial charge in [0.2, 0.25) is 0 Å². The second-order valence-corrected chi connectivity index (χ2v) is 6.01. The molecule has 2 saturated heterocycles. The number of hydrogen-bond acceptors (Lipinski definition) is 2. The lowest BCUT2D eigenvalue weighted by atomic mass is 10.1. The summed E-state index contributed by atoms with van der Waals surface area (Å²) in [6.07, 6.45) is 2.79. The Morgan fingerprint density at radius 1 is 1.07 bits per heavy atom. The van der Waals surface area contributed by atoms with Gasteiger partial charge in [-0.15, -0.1) is 0 Å². The first-order valence-electron chi connectivity index (χ1n) is 6.57. The number of rotatable bonds is 4. The van der Waals surface area contributed by atoms with Crippen molar-refractivity contribution in [1.82, 2.24) is 9.80 Å². The molecule has 0 aromatic heterocycles. The molecule has 2 rings (SSSR count). The molecule has 2 bridgehead atoms.